The summed E-state index contributed by atoms with van der Waals surface area (Å²) >= 11 is 0. The van der Waals surface area contributed by atoms with Crippen LogP contribution in [0.3, 0.4) is 0 Å². The van der Waals surface area contributed by atoms with Crippen molar-refractivity contribution in [3.8, 4) is 0 Å². The van der Waals surface area contributed by atoms with Crippen LogP contribution in [0.4, 0.5) is 0 Å². The van der Waals surface area contributed by atoms with Gasteiger partial charge >= 0.3 is 48.9 Å². The van der Waals surface area contributed by atoms with Crippen LogP contribution in [-0.4, -0.2) is 137 Å². The molecule has 0 bridgehead atoms. The van der Waals surface area contributed by atoms with E-state index >= 15 is 0 Å². The van der Waals surface area contributed by atoms with Crippen molar-refractivity contribution in [2.45, 2.75) is 0 Å². The third-order valence-corrected chi connectivity index (χ3v) is 0. The van der Waals surface area contributed by atoms with E-state index in [9.17, 15) is 0 Å². The Hall–Kier alpha value is 0.931. The number of hydrogen-bond donors (Lipinski definition) is 0. The summed E-state index contributed by atoms with van der Waals surface area (Å²) in [6, 6.07) is 0. The predicted octanol–water partition coefficient (Wildman–Crippen LogP) is -13.4. The van der Waals surface area contributed by atoms with Crippen LogP contribution in [0.15, 0.2) is 0 Å². The van der Waals surface area contributed by atoms with Crippen molar-refractivity contribution in [3.05, 3.63) is 0 Å². The van der Waals surface area contributed by atoms with E-state index in [-0.39, 0.29) is 139 Å². The minimum atomic E-state index is 0. The summed E-state index contributed by atoms with van der Waals surface area (Å²) in [7, 11) is 0. The Morgan fingerprint density at radius 1 is 0.176 bits per heavy atom. The van der Waals surface area contributed by atoms with Crippen LogP contribution < -0.4 is 0 Å². The first-order valence-electron chi connectivity index (χ1n) is 0. The van der Waals surface area contributed by atoms with Gasteiger partial charge in [-0.1, -0.05) is 0 Å². The third kappa shape index (κ3) is 4350. The van der Waals surface area contributed by atoms with Gasteiger partial charge in [-0.2, -0.15) is 0 Å². The molecule has 0 rings (SSSR count). The topological polar surface area (TPSA) is 504 Å². The molecule has 0 saturated heterocycles. The van der Waals surface area contributed by atoms with E-state index in [1.165, 1.54) is 0 Å². The molecule has 0 unspecified atom stereocenters. The quantitative estimate of drug-likeness (QED) is 0.324. The Balaban J connectivity index is 0. The van der Waals surface area contributed by atoms with Crippen LogP contribution in [0.25, 0.3) is 0 Å². The first-order chi connectivity index (χ1) is 0. The second-order valence-corrected chi connectivity index (χ2v) is 0. The maximum Gasteiger partial charge on any atom is 2.00 e. The molecule has 0 heterocycles. The molecular formula is H34BaO16. The molecule has 17 heteroatoms. The van der Waals surface area contributed by atoms with Crippen molar-refractivity contribution in [2.24, 2.45) is 0 Å². The van der Waals surface area contributed by atoms with Crippen molar-refractivity contribution in [1.29, 1.82) is 0 Å². The zero-order valence-corrected chi connectivity index (χ0v) is 13.1. The number of hydrogen-bond acceptors (Lipinski definition) is 0. The van der Waals surface area contributed by atoms with Crippen molar-refractivity contribution < 1.29 is 90.5 Å². The fraction of sp³-hybridized carbons (Fsp3) is 0. The zero-order chi connectivity index (χ0) is 0. The van der Waals surface area contributed by atoms with Crippen molar-refractivity contribution >= 4 is 48.9 Å². The average Bonchev–Trinajstić information content (AvgIpc) is 0. The van der Waals surface area contributed by atoms with E-state index < -0.39 is 0 Å². The SMILES string of the molecule is O.O.O.O.O.O.O.O.O.O.O.O.O.O.O.O.[Ba+2].[H-].[H-]. The Morgan fingerprint density at radius 2 is 0.176 bits per heavy atom. The fourth-order valence-corrected chi connectivity index (χ4v) is 0. The first-order valence-corrected chi connectivity index (χ1v) is 0. The molecule has 0 spiro atoms. The molecule has 0 aromatic rings. The van der Waals surface area contributed by atoms with Crippen LogP contribution in [-0.2, 0) is 0 Å². The average molecular weight is 428 g/mol. The van der Waals surface area contributed by atoms with Gasteiger partial charge in [0, 0.05) is 0 Å². The Labute approximate surface area is 139 Å². The minimum Gasteiger partial charge on any atom is -1.00 e. The van der Waals surface area contributed by atoms with E-state index in [1.807, 2.05) is 0 Å². The van der Waals surface area contributed by atoms with Gasteiger partial charge in [0.15, 0.2) is 0 Å². The standard InChI is InChI=1S/Ba.16H2O.2H/h;16*1H2;;/q+2;;;;;;;;;;;;;;;;;2*-1. The first kappa shape index (κ1) is 5930. The van der Waals surface area contributed by atoms with Crippen LogP contribution in [0.5, 0.6) is 0 Å². The van der Waals surface area contributed by atoms with Gasteiger partial charge < -0.3 is 90.5 Å². The predicted molar refractivity (Wildman–Crippen MR) is 65.8 cm³/mol. The maximum absolute atomic E-state index is 0. The van der Waals surface area contributed by atoms with Gasteiger partial charge in [-0.3, -0.25) is 0 Å². The summed E-state index contributed by atoms with van der Waals surface area (Å²) in [4.78, 5) is 0. The molecule has 0 aliphatic carbocycles. The van der Waals surface area contributed by atoms with E-state index in [2.05, 4.69) is 0 Å². The summed E-state index contributed by atoms with van der Waals surface area (Å²) in [5, 5.41) is 0. The summed E-state index contributed by atoms with van der Waals surface area (Å²) < 4.78 is 0. The largest absolute Gasteiger partial charge is 2.00 e. The molecule has 132 valence electrons. The van der Waals surface area contributed by atoms with Gasteiger partial charge in [-0.25, -0.2) is 0 Å². The van der Waals surface area contributed by atoms with Gasteiger partial charge in [0.2, 0.25) is 0 Å². The molecule has 0 aromatic heterocycles. The van der Waals surface area contributed by atoms with Crippen LogP contribution in [0, 0.1) is 0 Å². The van der Waals surface area contributed by atoms with E-state index in [0.717, 1.165) is 0 Å². The van der Waals surface area contributed by atoms with E-state index in [0.29, 0.717) is 0 Å². The van der Waals surface area contributed by atoms with E-state index in [4.69, 9.17) is 0 Å². The molecule has 0 aliphatic heterocycles. The normalized spacial score (nSPS) is 0. The van der Waals surface area contributed by atoms with E-state index in [1.54, 1.807) is 0 Å². The molecule has 32 N–H and O–H groups in total. The second-order valence-electron chi connectivity index (χ2n) is 0. The van der Waals surface area contributed by atoms with Gasteiger partial charge in [-0.15, -0.1) is 0 Å². The third-order valence-electron chi connectivity index (χ3n) is 0. The minimum absolute atomic E-state index is 0. The second kappa shape index (κ2) is 4950. The molecule has 17 heavy (non-hydrogen) atoms. The zero-order valence-electron chi connectivity index (χ0n) is 10.7. The smallest absolute Gasteiger partial charge is 1.00 e. The van der Waals surface area contributed by atoms with Crippen molar-refractivity contribution in [3.63, 3.8) is 0 Å². The van der Waals surface area contributed by atoms with Crippen LogP contribution in [0.2, 0.25) is 0 Å². The molecule has 0 fully saturated rings. The summed E-state index contributed by atoms with van der Waals surface area (Å²) in [6.07, 6.45) is 0. The maximum atomic E-state index is 0. The molecule has 0 aromatic carbocycles. The fourth-order valence-electron chi connectivity index (χ4n) is 0. The molecule has 16 nitrogen and oxygen atoms in total. The summed E-state index contributed by atoms with van der Waals surface area (Å²) in [5.74, 6) is 0. The van der Waals surface area contributed by atoms with Gasteiger partial charge in [0.25, 0.3) is 0 Å². The Morgan fingerprint density at radius 3 is 0.176 bits per heavy atom. The molecule has 0 saturated carbocycles. The van der Waals surface area contributed by atoms with Crippen LogP contribution >= 0.6 is 0 Å². The summed E-state index contributed by atoms with van der Waals surface area (Å²) in [5.41, 5.74) is 0. The molecule has 0 radical (unpaired) electrons. The van der Waals surface area contributed by atoms with Gasteiger partial charge in [0.05, 0.1) is 0 Å². The molecule has 0 aliphatic rings. The summed E-state index contributed by atoms with van der Waals surface area (Å²) in [6.45, 7) is 0. The van der Waals surface area contributed by atoms with Gasteiger partial charge in [-0.05, 0) is 0 Å². The monoisotopic (exact) mass is 428 g/mol. The van der Waals surface area contributed by atoms with Crippen molar-refractivity contribution in [1.82, 2.24) is 0 Å². The molecule has 0 amide bonds. The molecule has 0 atom stereocenters. The number of rotatable bonds is 0. The Kier molecular flexibility index (Phi) is 1730000. The van der Waals surface area contributed by atoms with Crippen molar-refractivity contribution in [2.75, 3.05) is 0 Å². The van der Waals surface area contributed by atoms with Crippen LogP contribution in [0.1, 0.15) is 2.85 Å². The molecular weight excluding hydrogens is 393 g/mol. The van der Waals surface area contributed by atoms with Gasteiger partial charge in [0.1, 0.15) is 0 Å². The Bertz CT molecular complexity index is 14.7.